The molecule has 0 radical (unpaired) electrons. The third-order valence-electron chi connectivity index (χ3n) is 3.27. The van der Waals surface area contributed by atoms with Gasteiger partial charge in [-0.2, -0.15) is 4.39 Å². The average Bonchev–Trinajstić information content (AvgIpc) is 3.23. The van der Waals surface area contributed by atoms with Gasteiger partial charge in [0.15, 0.2) is 0 Å². The molecule has 0 aromatic heterocycles. The number of hydrogen-bond donors (Lipinski definition) is 2. The van der Waals surface area contributed by atoms with E-state index in [9.17, 15) is 19.3 Å². The number of amides is 1. The van der Waals surface area contributed by atoms with E-state index in [1.165, 1.54) is 12.1 Å². The Kier molecular flexibility index (Phi) is 5.21. The largest absolute Gasteiger partial charge is 0.353 e. The SMILES string of the molecule is O=C(CCCNCc1cccc([N+](=O)[O-])c1F)NC1CC1. The molecule has 114 valence electrons. The third-order valence-corrected chi connectivity index (χ3v) is 3.27. The normalized spacial score (nSPS) is 14.0. The summed E-state index contributed by atoms with van der Waals surface area (Å²) in [5.41, 5.74) is -0.259. The van der Waals surface area contributed by atoms with Gasteiger partial charge in [-0.25, -0.2) is 0 Å². The van der Waals surface area contributed by atoms with E-state index < -0.39 is 16.4 Å². The first-order valence-corrected chi connectivity index (χ1v) is 7.00. The van der Waals surface area contributed by atoms with Crippen molar-refractivity contribution in [1.82, 2.24) is 10.6 Å². The van der Waals surface area contributed by atoms with Gasteiger partial charge >= 0.3 is 5.69 Å². The minimum atomic E-state index is -0.804. The lowest BCUT2D eigenvalue weighted by Gasteiger charge is -2.06. The Bertz CT molecular complexity index is 532. The quantitative estimate of drug-likeness (QED) is 0.436. The maximum absolute atomic E-state index is 13.8. The predicted molar refractivity (Wildman–Crippen MR) is 75.2 cm³/mol. The molecule has 1 aliphatic rings. The molecule has 1 amide bonds. The summed E-state index contributed by atoms with van der Waals surface area (Å²) in [6.45, 7) is 0.762. The lowest BCUT2D eigenvalue weighted by molar-refractivity contribution is -0.387. The first-order chi connectivity index (χ1) is 10.1. The fourth-order valence-corrected chi connectivity index (χ4v) is 1.97. The predicted octanol–water partition coefficient (Wildman–Crippen LogP) is 1.88. The highest BCUT2D eigenvalue weighted by Crippen LogP contribution is 2.20. The van der Waals surface area contributed by atoms with Crippen LogP contribution in [0.4, 0.5) is 10.1 Å². The highest BCUT2D eigenvalue weighted by Gasteiger charge is 2.22. The van der Waals surface area contributed by atoms with Crippen LogP contribution in [0.1, 0.15) is 31.2 Å². The van der Waals surface area contributed by atoms with Gasteiger partial charge in [-0.05, 0) is 25.8 Å². The molecule has 0 bridgehead atoms. The highest BCUT2D eigenvalue weighted by atomic mass is 19.1. The van der Waals surface area contributed by atoms with E-state index >= 15 is 0 Å². The second-order valence-electron chi connectivity index (χ2n) is 5.13. The van der Waals surface area contributed by atoms with Gasteiger partial charge in [0.1, 0.15) is 0 Å². The van der Waals surface area contributed by atoms with Gasteiger partial charge < -0.3 is 10.6 Å². The summed E-state index contributed by atoms with van der Waals surface area (Å²) < 4.78 is 13.8. The second-order valence-corrected chi connectivity index (χ2v) is 5.13. The van der Waals surface area contributed by atoms with Gasteiger partial charge in [-0.3, -0.25) is 14.9 Å². The van der Waals surface area contributed by atoms with Gasteiger partial charge in [0.2, 0.25) is 11.7 Å². The van der Waals surface area contributed by atoms with Crippen LogP contribution >= 0.6 is 0 Å². The van der Waals surface area contributed by atoms with E-state index in [1.54, 1.807) is 0 Å². The summed E-state index contributed by atoms with van der Waals surface area (Å²) >= 11 is 0. The van der Waals surface area contributed by atoms with E-state index in [1.807, 2.05) is 0 Å². The number of carbonyl (C=O) groups is 1. The molecule has 0 spiro atoms. The summed E-state index contributed by atoms with van der Waals surface area (Å²) in [4.78, 5) is 21.3. The first-order valence-electron chi connectivity index (χ1n) is 7.00. The van der Waals surface area contributed by atoms with Crippen LogP contribution in [0, 0.1) is 15.9 Å². The molecule has 1 aromatic carbocycles. The molecular formula is C14H18FN3O3. The molecular weight excluding hydrogens is 277 g/mol. The van der Waals surface area contributed by atoms with Crippen molar-refractivity contribution in [2.45, 2.75) is 38.3 Å². The van der Waals surface area contributed by atoms with Crippen molar-refractivity contribution >= 4 is 11.6 Å². The van der Waals surface area contributed by atoms with Crippen LogP contribution in [-0.4, -0.2) is 23.4 Å². The molecule has 0 heterocycles. The second kappa shape index (κ2) is 7.12. The number of hydrogen-bond acceptors (Lipinski definition) is 4. The van der Waals surface area contributed by atoms with Crippen molar-refractivity contribution in [1.29, 1.82) is 0 Å². The molecule has 0 saturated heterocycles. The molecule has 1 aliphatic carbocycles. The summed E-state index contributed by atoms with van der Waals surface area (Å²) in [6.07, 6.45) is 3.21. The Balaban J connectivity index is 1.69. The number of nitro benzene ring substituents is 1. The molecule has 0 unspecified atom stereocenters. The van der Waals surface area contributed by atoms with Gasteiger partial charge in [-0.1, -0.05) is 12.1 Å². The summed E-state index contributed by atoms with van der Waals surface area (Å²) in [6, 6.07) is 4.47. The molecule has 7 heteroatoms. The minimum absolute atomic E-state index is 0.0424. The smallest absolute Gasteiger partial charge is 0.305 e. The molecule has 6 nitrogen and oxygen atoms in total. The van der Waals surface area contributed by atoms with E-state index in [0.717, 1.165) is 18.9 Å². The number of nitrogens with zero attached hydrogens (tertiary/aromatic N) is 1. The molecule has 1 fully saturated rings. The Hall–Kier alpha value is -2.02. The monoisotopic (exact) mass is 295 g/mol. The Labute approximate surface area is 121 Å². The van der Waals surface area contributed by atoms with Gasteiger partial charge in [-0.15, -0.1) is 0 Å². The van der Waals surface area contributed by atoms with Crippen LogP contribution in [0.15, 0.2) is 18.2 Å². The summed E-state index contributed by atoms with van der Waals surface area (Å²) in [5, 5.41) is 16.5. The van der Waals surface area contributed by atoms with E-state index in [-0.39, 0.29) is 18.0 Å². The number of halogens is 1. The maximum Gasteiger partial charge on any atom is 0.305 e. The van der Waals surface area contributed by atoms with E-state index in [0.29, 0.717) is 25.4 Å². The fourth-order valence-electron chi connectivity index (χ4n) is 1.97. The lowest BCUT2D eigenvalue weighted by atomic mass is 10.2. The molecule has 21 heavy (non-hydrogen) atoms. The molecule has 2 N–H and O–H groups in total. The van der Waals surface area contributed by atoms with Crippen LogP contribution in [0.2, 0.25) is 0 Å². The summed E-state index contributed by atoms with van der Waals surface area (Å²) in [7, 11) is 0. The van der Waals surface area contributed by atoms with E-state index in [4.69, 9.17) is 0 Å². The van der Waals surface area contributed by atoms with Gasteiger partial charge in [0.25, 0.3) is 0 Å². The van der Waals surface area contributed by atoms with Crippen molar-refractivity contribution in [3.05, 3.63) is 39.7 Å². The Morgan fingerprint density at radius 1 is 1.43 bits per heavy atom. The molecule has 0 aliphatic heterocycles. The van der Waals surface area contributed by atoms with Crippen LogP contribution in [0.25, 0.3) is 0 Å². The average molecular weight is 295 g/mol. The zero-order chi connectivity index (χ0) is 15.2. The van der Waals surface area contributed by atoms with Crippen LogP contribution < -0.4 is 10.6 Å². The molecule has 2 rings (SSSR count). The van der Waals surface area contributed by atoms with Crippen molar-refractivity contribution in [3.8, 4) is 0 Å². The van der Waals surface area contributed by atoms with E-state index in [2.05, 4.69) is 10.6 Å². The van der Waals surface area contributed by atoms with Crippen LogP contribution in [-0.2, 0) is 11.3 Å². The van der Waals surface area contributed by atoms with Crippen molar-refractivity contribution in [2.24, 2.45) is 0 Å². The number of nitro groups is 1. The zero-order valence-electron chi connectivity index (χ0n) is 11.6. The minimum Gasteiger partial charge on any atom is -0.353 e. The van der Waals surface area contributed by atoms with Crippen LogP contribution in [0.3, 0.4) is 0 Å². The molecule has 1 aromatic rings. The zero-order valence-corrected chi connectivity index (χ0v) is 11.6. The number of nitrogens with one attached hydrogen (secondary N) is 2. The Morgan fingerprint density at radius 2 is 2.19 bits per heavy atom. The fraction of sp³-hybridized carbons (Fsp3) is 0.500. The van der Waals surface area contributed by atoms with Crippen molar-refractivity contribution in [2.75, 3.05) is 6.54 Å². The Morgan fingerprint density at radius 3 is 2.86 bits per heavy atom. The lowest BCUT2D eigenvalue weighted by Crippen LogP contribution is -2.26. The molecule has 0 atom stereocenters. The number of carbonyl (C=O) groups excluding carboxylic acids is 1. The van der Waals surface area contributed by atoms with Gasteiger partial charge in [0, 0.05) is 30.6 Å². The van der Waals surface area contributed by atoms with Crippen molar-refractivity contribution < 1.29 is 14.1 Å². The number of benzene rings is 1. The topological polar surface area (TPSA) is 84.3 Å². The maximum atomic E-state index is 13.8. The van der Waals surface area contributed by atoms with Gasteiger partial charge in [0.05, 0.1) is 4.92 Å². The van der Waals surface area contributed by atoms with Crippen molar-refractivity contribution in [3.63, 3.8) is 0 Å². The summed E-state index contributed by atoms with van der Waals surface area (Å²) in [5.74, 6) is -0.762. The highest BCUT2D eigenvalue weighted by molar-refractivity contribution is 5.76. The number of rotatable bonds is 8. The molecule has 1 saturated carbocycles. The van der Waals surface area contributed by atoms with Crippen LogP contribution in [0.5, 0.6) is 0 Å². The standard InChI is InChI=1S/C14H18FN3O3/c15-14-10(3-1-4-12(14)18(20)21)9-16-8-2-5-13(19)17-11-6-7-11/h1,3-4,11,16H,2,5-9H2,(H,17,19). The first kappa shape index (κ1) is 15.4. The third kappa shape index (κ3) is 4.78.